The summed E-state index contributed by atoms with van der Waals surface area (Å²) in [5.41, 5.74) is 1.22. The highest BCUT2D eigenvalue weighted by molar-refractivity contribution is 8.14. The molecular formula is C14H17NO2S. The van der Waals surface area contributed by atoms with E-state index in [9.17, 15) is 9.59 Å². The highest BCUT2D eigenvalue weighted by Gasteiger charge is 2.05. The van der Waals surface area contributed by atoms with Crippen LogP contribution in [0, 0.1) is 0 Å². The number of rotatable bonds is 6. The minimum atomic E-state index is -0.130. The van der Waals surface area contributed by atoms with Gasteiger partial charge in [0.25, 0.3) is 0 Å². The van der Waals surface area contributed by atoms with E-state index < -0.39 is 0 Å². The lowest BCUT2D eigenvalue weighted by Crippen LogP contribution is -2.25. The minimum Gasteiger partial charge on any atom is -0.352 e. The normalized spacial score (nSPS) is 9.83. The highest BCUT2D eigenvalue weighted by atomic mass is 32.2. The molecule has 1 amide bonds. The molecule has 3 nitrogen and oxygen atoms in total. The summed E-state index contributed by atoms with van der Waals surface area (Å²) in [6.45, 7) is 5.79. The Kier molecular flexibility index (Phi) is 6.22. The van der Waals surface area contributed by atoms with E-state index in [4.69, 9.17) is 0 Å². The van der Waals surface area contributed by atoms with Crippen LogP contribution in [-0.2, 0) is 4.79 Å². The van der Waals surface area contributed by atoms with E-state index in [0.29, 0.717) is 23.4 Å². The average Bonchev–Trinajstić information content (AvgIpc) is 2.38. The van der Waals surface area contributed by atoms with Crippen molar-refractivity contribution in [3.8, 4) is 0 Å². The summed E-state index contributed by atoms with van der Waals surface area (Å²) in [7, 11) is 0. The van der Waals surface area contributed by atoms with Crippen molar-refractivity contribution in [1.82, 2.24) is 5.32 Å². The molecule has 0 bridgehead atoms. The molecule has 0 aliphatic carbocycles. The Hall–Kier alpha value is -1.55. The molecule has 0 atom stereocenters. The van der Waals surface area contributed by atoms with Gasteiger partial charge in [-0.25, -0.2) is 0 Å². The molecule has 1 N–H and O–H groups in total. The van der Waals surface area contributed by atoms with Crippen LogP contribution in [0.25, 0.3) is 0 Å². The van der Waals surface area contributed by atoms with Gasteiger partial charge in [0.05, 0.1) is 0 Å². The van der Waals surface area contributed by atoms with Crippen LogP contribution in [0.2, 0.25) is 0 Å². The van der Waals surface area contributed by atoms with Gasteiger partial charge >= 0.3 is 0 Å². The van der Waals surface area contributed by atoms with Crippen molar-refractivity contribution in [3.63, 3.8) is 0 Å². The molecule has 0 aliphatic heterocycles. The van der Waals surface area contributed by atoms with Crippen molar-refractivity contribution >= 4 is 22.8 Å². The Balaban J connectivity index is 2.17. The number of amides is 1. The smallest absolute Gasteiger partial charge is 0.246 e. The van der Waals surface area contributed by atoms with Crippen LogP contribution < -0.4 is 5.32 Å². The summed E-state index contributed by atoms with van der Waals surface area (Å²) in [6, 6.07) is 9.19. The van der Waals surface area contributed by atoms with Gasteiger partial charge < -0.3 is 5.32 Å². The Bertz CT molecular complexity index is 429. The number of thioether (sulfide) groups is 1. The number of benzene rings is 1. The van der Waals surface area contributed by atoms with E-state index >= 15 is 0 Å². The largest absolute Gasteiger partial charge is 0.352 e. The van der Waals surface area contributed by atoms with Gasteiger partial charge in [-0.3, -0.25) is 9.59 Å². The summed E-state index contributed by atoms with van der Waals surface area (Å²) in [4.78, 5) is 22.9. The molecule has 1 aromatic carbocycles. The number of carbonyl (C=O) groups excluding carboxylic acids is 2. The van der Waals surface area contributed by atoms with Crippen LogP contribution in [0.4, 0.5) is 0 Å². The molecule has 0 unspecified atom stereocenters. The van der Waals surface area contributed by atoms with Crippen molar-refractivity contribution in [2.45, 2.75) is 13.3 Å². The van der Waals surface area contributed by atoms with E-state index in [-0.39, 0.29) is 11.0 Å². The molecule has 1 rings (SSSR count). The Morgan fingerprint density at radius 2 is 1.94 bits per heavy atom. The Morgan fingerprint density at radius 3 is 2.56 bits per heavy atom. The van der Waals surface area contributed by atoms with E-state index in [1.54, 1.807) is 19.1 Å². The molecule has 0 heterocycles. The second-order valence-electron chi connectivity index (χ2n) is 3.89. The fraction of sp³-hybridized carbons (Fsp3) is 0.286. The van der Waals surface area contributed by atoms with Gasteiger partial charge in [0.1, 0.15) is 0 Å². The van der Waals surface area contributed by atoms with E-state index in [0.717, 1.165) is 6.42 Å². The van der Waals surface area contributed by atoms with E-state index in [1.165, 1.54) is 11.8 Å². The summed E-state index contributed by atoms with van der Waals surface area (Å²) in [6.07, 6.45) is 0.766. The second kappa shape index (κ2) is 7.71. The zero-order valence-electron chi connectivity index (χ0n) is 10.4. The maximum atomic E-state index is 11.7. The molecule has 0 saturated carbocycles. The molecule has 4 heteroatoms. The minimum absolute atomic E-state index is 0.0711. The lowest BCUT2D eigenvalue weighted by molar-refractivity contribution is -0.117. The highest BCUT2D eigenvalue weighted by Crippen LogP contribution is 2.12. The molecule has 96 valence electrons. The van der Waals surface area contributed by atoms with Crippen molar-refractivity contribution in [2.24, 2.45) is 0 Å². The van der Waals surface area contributed by atoms with Crippen molar-refractivity contribution in [3.05, 3.63) is 48.0 Å². The topological polar surface area (TPSA) is 46.2 Å². The second-order valence-corrected chi connectivity index (χ2v) is 4.96. The number of carbonyl (C=O) groups is 2. The molecule has 18 heavy (non-hydrogen) atoms. The molecule has 0 radical (unpaired) electrons. The van der Waals surface area contributed by atoms with E-state index in [1.807, 2.05) is 18.2 Å². The van der Waals surface area contributed by atoms with Crippen LogP contribution in [-0.4, -0.2) is 23.3 Å². The molecule has 0 aromatic heterocycles. The van der Waals surface area contributed by atoms with Gasteiger partial charge in [-0.15, -0.1) is 0 Å². The Morgan fingerprint density at radius 1 is 1.28 bits per heavy atom. The van der Waals surface area contributed by atoms with Crippen molar-refractivity contribution < 1.29 is 9.59 Å². The third-order valence-electron chi connectivity index (χ3n) is 2.24. The molecule has 1 aromatic rings. The summed E-state index contributed by atoms with van der Waals surface area (Å²) >= 11 is 1.28. The van der Waals surface area contributed by atoms with Crippen LogP contribution in [0.15, 0.2) is 42.5 Å². The first-order valence-corrected chi connectivity index (χ1v) is 6.75. The maximum Gasteiger partial charge on any atom is 0.246 e. The van der Waals surface area contributed by atoms with Gasteiger partial charge in [-0.2, -0.15) is 0 Å². The third kappa shape index (κ3) is 5.19. The van der Waals surface area contributed by atoms with Crippen molar-refractivity contribution in [1.29, 1.82) is 0 Å². The fourth-order valence-corrected chi connectivity index (χ4v) is 2.02. The summed E-state index contributed by atoms with van der Waals surface area (Å²) in [5.74, 6) is 0.568. The predicted molar refractivity (Wildman–Crippen MR) is 75.7 cm³/mol. The fourth-order valence-electron chi connectivity index (χ4n) is 1.25. The summed E-state index contributed by atoms with van der Waals surface area (Å²) in [5, 5.41) is 2.80. The van der Waals surface area contributed by atoms with Crippen molar-refractivity contribution in [2.75, 3.05) is 12.3 Å². The molecule has 0 spiro atoms. The zero-order valence-corrected chi connectivity index (χ0v) is 11.3. The third-order valence-corrected chi connectivity index (χ3v) is 3.23. The van der Waals surface area contributed by atoms with Crippen LogP contribution in [0.1, 0.15) is 23.7 Å². The van der Waals surface area contributed by atoms with Crippen LogP contribution >= 0.6 is 11.8 Å². The van der Waals surface area contributed by atoms with Gasteiger partial charge in [-0.05, 0) is 13.3 Å². The Labute approximate surface area is 112 Å². The van der Waals surface area contributed by atoms with Gasteiger partial charge in [0.2, 0.25) is 11.0 Å². The molecule has 0 aliphatic rings. The van der Waals surface area contributed by atoms with Gasteiger partial charge in [0, 0.05) is 23.4 Å². The lowest BCUT2D eigenvalue weighted by Gasteiger charge is -2.04. The first-order valence-electron chi connectivity index (χ1n) is 5.77. The molecule has 0 fully saturated rings. The average molecular weight is 263 g/mol. The zero-order chi connectivity index (χ0) is 13.4. The number of hydrogen-bond donors (Lipinski definition) is 1. The maximum absolute atomic E-state index is 11.7. The first-order chi connectivity index (χ1) is 8.61. The first kappa shape index (κ1) is 14.5. The standard InChI is InChI=1S/C14H17NO2S/c1-11(2)13(16)15-9-6-10-18-14(17)12-7-4-3-5-8-12/h3-5,7-8H,1,6,9-10H2,2H3,(H,15,16). The van der Waals surface area contributed by atoms with Gasteiger partial charge in [-0.1, -0.05) is 48.7 Å². The number of nitrogens with one attached hydrogen (secondary N) is 1. The quantitative estimate of drug-likeness (QED) is 0.634. The molecule has 0 saturated heterocycles. The SMILES string of the molecule is C=C(C)C(=O)NCCCSC(=O)c1ccccc1. The monoisotopic (exact) mass is 263 g/mol. The van der Waals surface area contributed by atoms with E-state index in [2.05, 4.69) is 11.9 Å². The number of hydrogen-bond acceptors (Lipinski definition) is 3. The lowest BCUT2D eigenvalue weighted by atomic mass is 10.2. The summed E-state index contributed by atoms with van der Waals surface area (Å²) < 4.78 is 0. The van der Waals surface area contributed by atoms with Crippen LogP contribution in [0.3, 0.4) is 0 Å². The van der Waals surface area contributed by atoms with Crippen LogP contribution in [0.5, 0.6) is 0 Å². The molecular weight excluding hydrogens is 246 g/mol. The van der Waals surface area contributed by atoms with Gasteiger partial charge in [0.15, 0.2) is 0 Å². The predicted octanol–water partition coefficient (Wildman–Crippen LogP) is 2.64.